The Balaban J connectivity index is 2.15. The Morgan fingerprint density at radius 1 is 1.41 bits per heavy atom. The second kappa shape index (κ2) is 4.33. The van der Waals surface area contributed by atoms with Crippen molar-refractivity contribution in [2.75, 3.05) is 0 Å². The zero-order chi connectivity index (χ0) is 12.6. The molecule has 0 bridgehead atoms. The number of hydrogen-bond acceptors (Lipinski definition) is 1. The van der Waals surface area contributed by atoms with Gasteiger partial charge in [-0.2, -0.15) is 13.2 Å². The first-order chi connectivity index (χ1) is 7.88. The molecule has 0 aromatic heterocycles. The number of rotatable bonds is 1. The number of nitrogens with one attached hydrogen (secondary N) is 1. The first-order valence-electron chi connectivity index (χ1n) is 5.04. The molecular formula is C11H9BrF3NO. The van der Waals surface area contributed by atoms with Crippen LogP contribution in [0.3, 0.4) is 0 Å². The molecule has 0 fully saturated rings. The van der Waals surface area contributed by atoms with Crippen LogP contribution in [0, 0.1) is 0 Å². The van der Waals surface area contributed by atoms with E-state index in [1.165, 1.54) is 0 Å². The van der Waals surface area contributed by atoms with Gasteiger partial charge in [-0.25, -0.2) is 0 Å². The van der Waals surface area contributed by atoms with E-state index in [4.69, 9.17) is 0 Å². The number of aryl methyl sites for hydroxylation is 1. The maximum Gasteiger partial charge on any atom is 0.471 e. The van der Waals surface area contributed by atoms with Crippen molar-refractivity contribution < 1.29 is 18.0 Å². The van der Waals surface area contributed by atoms with E-state index in [1.54, 1.807) is 12.1 Å². The summed E-state index contributed by atoms with van der Waals surface area (Å²) in [5, 5.41) is 2.02. The second-order valence-electron chi connectivity index (χ2n) is 3.91. The zero-order valence-electron chi connectivity index (χ0n) is 8.64. The lowest BCUT2D eigenvalue weighted by Crippen LogP contribution is -2.38. The lowest BCUT2D eigenvalue weighted by molar-refractivity contribution is -0.174. The summed E-state index contributed by atoms with van der Waals surface area (Å²) in [7, 11) is 0. The minimum Gasteiger partial charge on any atom is -0.341 e. The maximum absolute atomic E-state index is 12.1. The number of halogens is 4. The van der Waals surface area contributed by atoms with Gasteiger partial charge in [-0.05, 0) is 36.1 Å². The highest BCUT2D eigenvalue weighted by Gasteiger charge is 2.40. The topological polar surface area (TPSA) is 29.1 Å². The fourth-order valence-electron chi connectivity index (χ4n) is 1.98. The van der Waals surface area contributed by atoms with E-state index in [1.807, 2.05) is 11.4 Å². The van der Waals surface area contributed by atoms with Crippen molar-refractivity contribution in [3.05, 3.63) is 33.8 Å². The van der Waals surface area contributed by atoms with Crippen LogP contribution in [0.4, 0.5) is 13.2 Å². The van der Waals surface area contributed by atoms with Gasteiger partial charge in [0.1, 0.15) is 0 Å². The third-order valence-corrected chi connectivity index (χ3v) is 3.24. The molecule has 1 aliphatic rings. The summed E-state index contributed by atoms with van der Waals surface area (Å²) in [5.74, 6) is -1.88. The molecule has 1 aromatic carbocycles. The molecular weight excluding hydrogens is 299 g/mol. The van der Waals surface area contributed by atoms with Crippen molar-refractivity contribution in [1.82, 2.24) is 5.32 Å². The standard InChI is InChI=1S/C11H9BrF3NO/c12-7-2-3-8-6(5-7)1-4-9(8)16-10(17)11(13,14)15/h2-3,5,9H,1,4H2,(H,16,17). The van der Waals surface area contributed by atoms with Crippen molar-refractivity contribution in [3.8, 4) is 0 Å². The minimum atomic E-state index is -4.82. The van der Waals surface area contributed by atoms with E-state index in [2.05, 4.69) is 15.9 Å². The smallest absolute Gasteiger partial charge is 0.341 e. The summed E-state index contributed by atoms with van der Waals surface area (Å²) in [5.41, 5.74) is 1.75. The molecule has 1 aromatic rings. The molecule has 2 nitrogen and oxygen atoms in total. The molecule has 1 unspecified atom stereocenters. The van der Waals surface area contributed by atoms with Crippen LogP contribution in [-0.4, -0.2) is 12.1 Å². The Morgan fingerprint density at radius 2 is 2.12 bits per heavy atom. The third kappa shape index (κ3) is 2.62. The zero-order valence-corrected chi connectivity index (χ0v) is 10.2. The van der Waals surface area contributed by atoms with E-state index in [9.17, 15) is 18.0 Å². The molecule has 0 radical (unpaired) electrons. The largest absolute Gasteiger partial charge is 0.471 e. The van der Waals surface area contributed by atoms with E-state index in [0.29, 0.717) is 12.8 Å². The van der Waals surface area contributed by atoms with Crippen LogP contribution in [0.25, 0.3) is 0 Å². The molecule has 1 N–H and O–H groups in total. The molecule has 17 heavy (non-hydrogen) atoms. The van der Waals surface area contributed by atoms with Crippen molar-refractivity contribution in [3.63, 3.8) is 0 Å². The average molecular weight is 308 g/mol. The number of hydrogen-bond donors (Lipinski definition) is 1. The number of fused-ring (bicyclic) bond motifs is 1. The summed E-state index contributed by atoms with van der Waals surface area (Å²) < 4.78 is 37.3. The molecule has 1 amide bonds. The van der Waals surface area contributed by atoms with Crippen LogP contribution >= 0.6 is 15.9 Å². The van der Waals surface area contributed by atoms with Crippen LogP contribution in [0.5, 0.6) is 0 Å². The Bertz CT molecular complexity index is 459. The molecule has 0 aliphatic heterocycles. The van der Waals surface area contributed by atoms with Gasteiger partial charge in [0.25, 0.3) is 0 Å². The van der Waals surface area contributed by atoms with Gasteiger partial charge in [0.2, 0.25) is 0 Å². The lowest BCUT2D eigenvalue weighted by Gasteiger charge is -2.15. The number of amides is 1. The monoisotopic (exact) mass is 307 g/mol. The molecule has 6 heteroatoms. The number of benzene rings is 1. The van der Waals surface area contributed by atoms with Gasteiger partial charge < -0.3 is 5.32 Å². The van der Waals surface area contributed by atoms with E-state index < -0.39 is 18.1 Å². The number of carbonyl (C=O) groups excluding carboxylic acids is 1. The molecule has 2 rings (SSSR count). The summed E-state index contributed by atoms with van der Waals surface area (Å²) in [6.07, 6.45) is -3.64. The number of alkyl halides is 3. The molecule has 0 spiro atoms. The van der Waals surface area contributed by atoms with Crippen LogP contribution in [-0.2, 0) is 11.2 Å². The molecule has 1 aliphatic carbocycles. The Hall–Kier alpha value is -1.04. The first kappa shape index (κ1) is 12.4. The quantitative estimate of drug-likeness (QED) is 0.848. The van der Waals surface area contributed by atoms with Gasteiger partial charge in [-0.3, -0.25) is 4.79 Å². The average Bonchev–Trinajstić information content (AvgIpc) is 2.59. The summed E-state index contributed by atoms with van der Waals surface area (Å²) in [6, 6.07) is 4.84. The summed E-state index contributed by atoms with van der Waals surface area (Å²) >= 11 is 3.30. The summed E-state index contributed by atoms with van der Waals surface area (Å²) in [4.78, 5) is 10.9. The van der Waals surface area contributed by atoms with Gasteiger partial charge >= 0.3 is 12.1 Å². The van der Waals surface area contributed by atoms with Crippen LogP contribution in [0.15, 0.2) is 22.7 Å². The van der Waals surface area contributed by atoms with Crippen molar-refractivity contribution in [2.45, 2.75) is 25.1 Å². The fraction of sp³-hybridized carbons (Fsp3) is 0.364. The highest BCUT2D eigenvalue weighted by Crippen LogP contribution is 2.33. The third-order valence-electron chi connectivity index (χ3n) is 2.75. The molecule has 92 valence electrons. The Labute approximate surface area is 104 Å². The van der Waals surface area contributed by atoms with E-state index in [-0.39, 0.29) is 0 Å². The molecule has 0 saturated heterocycles. The van der Waals surface area contributed by atoms with E-state index >= 15 is 0 Å². The van der Waals surface area contributed by atoms with Crippen molar-refractivity contribution in [1.29, 1.82) is 0 Å². The van der Waals surface area contributed by atoms with Crippen molar-refractivity contribution in [2.24, 2.45) is 0 Å². The number of carbonyl (C=O) groups is 1. The normalized spacial score (nSPS) is 18.9. The van der Waals surface area contributed by atoms with Crippen LogP contribution in [0.1, 0.15) is 23.6 Å². The van der Waals surface area contributed by atoms with Gasteiger partial charge in [-0.1, -0.05) is 22.0 Å². The maximum atomic E-state index is 12.1. The highest BCUT2D eigenvalue weighted by atomic mass is 79.9. The lowest BCUT2D eigenvalue weighted by atomic mass is 10.1. The Kier molecular flexibility index (Phi) is 3.16. The molecule has 0 heterocycles. The minimum absolute atomic E-state index is 0.508. The molecule has 1 atom stereocenters. The molecule has 0 saturated carbocycles. The van der Waals surface area contributed by atoms with Gasteiger partial charge in [0.05, 0.1) is 6.04 Å². The fourth-order valence-corrected chi connectivity index (χ4v) is 2.38. The van der Waals surface area contributed by atoms with Crippen LogP contribution in [0.2, 0.25) is 0 Å². The van der Waals surface area contributed by atoms with Gasteiger partial charge in [-0.15, -0.1) is 0 Å². The first-order valence-corrected chi connectivity index (χ1v) is 5.83. The highest BCUT2D eigenvalue weighted by molar-refractivity contribution is 9.10. The van der Waals surface area contributed by atoms with Gasteiger partial charge in [0.15, 0.2) is 0 Å². The predicted molar refractivity (Wildman–Crippen MR) is 59.4 cm³/mol. The van der Waals surface area contributed by atoms with Crippen molar-refractivity contribution >= 4 is 21.8 Å². The Morgan fingerprint density at radius 3 is 2.76 bits per heavy atom. The van der Waals surface area contributed by atoms with E-state index in [0.717, 1.165) is 15.6 Å². The SMILES string of the molecule is O=C(NC1CCc2cc(Br)ccc21)C(F)(F)F. The predicted octanol–water partition coefficient (Wildman–Crippen LogP) is 3.11. The summed E-state index contributed by atoms with van der Waals surface area (Å²) in [6.45, 7) is 0. The van der Waals surface area contributed by atoms with Gasteiger partial charge in [0, 0.05) is 4.47 Å². The van der Waals surface area contributed by atoms with Crippen LogP contribution < -0.4 is 5.32 Å². The second-order valence-corrected chi connectivity index (χ2v) is 4.82.